The van der Waals surface area contributed by atoms with Crippen molar-refractivity contribution in [3.05, 3.63) is 72.3 Å². The summed E-state index contributed by atoms with van der Waals surface area (Å²) < 4.78 is 10.6. The number of para-hydroxylation sites is 4. The van der Waals surface area contributed by atoms with E-state index in [9.17, 15) is 38.4 Å². The van der Waals surface area contributed by atoms with Crippen LogP contribution in [0.5, 0.6) is 0 Å². The number of rotatable bonds is 8. The normalized spacial score (nSPS) is 25.4. The number of amides is 7. The summed E-state index contributed by atoms with van der Waals surface area (Å²) in [5.74, 6) is -11.3. The number of hydrogen-bond acceptors (Lipinski definition) is 18. The zero-order valence-corrected chi connectivity index (χ0v) is 46.4. The highest BCUT2D eigenvalue weighted by molar-refractivity contribution is 8.16. The number of ether oxygens (including phenoxy) is 2. The fourth-order valence-electron chi connectivity index (χ4n) is 9.08. The minimum atomic E-state index is -1.65. The number of nitrogens with zero attached hydrogens (tertiary/aromatic N) is 8. The van der Waals surface area contributed by atoms with Crippen LogP contribution in [0.3, 0.4) is 0 Å². The van der Waals surface area contributed by atoms with Crippen LogP contribution in [-0.4, -0.2) is 199 Å². The van der Waals surface area contributed by atoms with Crippen molar-refractivity contribution in [3.63, 3.8) is 0 Å². The molecule has 4 heterocycles. The number of thioether (sulfide) groups is 2. The van der Waals surface area contributed by atoms with Gasteiger partial charge in [-0.05, 0) is 56.2 Å². The van der Waals surface area contributed by atoms with Crippen LogP contribution in [0, 0.1) is 17.8 Å². The zero-order chi connectivity index (χ0) is 56.6. The number of fused-ring (bicyclic) bond motifs is 6. The number of nitrogens with one attached hydrogen (secondary N) is 3. The van der Waals surface area contributed by atoms with E-state index in [1.54, 1.807) is 82.5 Å². The van der Waals surface area contributed by atoms with Gasteiger partial charge in [0.1, 0.15) is 66.9 Å². The summed E-state index contributed by atoms with van der Waals surface area (Å²) >= 11 is 2.18. The number of carbonyl (C=O) groups is 10. The second-order valence-electron chi connectivity index (χ2n) is 19.6. The lowest BCUT2D eigenvalue weighted by Gasteiger charge is -2.40. The van der Waals surface area contributed by atoms with Crippen LogP contribution in [0.15, 0.2) is 60.9 Å². The van der Waals surface area contributed by atoms with E-state index in [4.69, 9.17) is 9.47 Å². The van der Waals surface area contributed by atoms with E-state index in [2.05, 4.69) is 35.9 Å². The number of hydrogen-bond donors (Lipinski definition) is 3. The molecule has 0 radical (unpaired) electrons. The average molecular weight is 1100 g/mol. The quantitative estimate of drug-likeness (QED) is 0.167. The molecule has 7 amide bonds. The van der Waals surface area contributed by atoms with E-state index in [1.165, 1.54) is 54.4 Å². The van der Waals surface area contributed by atoms with E-state index < -0.39 is 143 Å². The van der Waals surface area contributed by atoms with Crippen molar-refractivity contribution in [2.45, 2.75) is 94.8 Å². The molecule has 0 spiro atoms. The number of esters is 2. The van der Waals surface area contributed by atoms with Crippen molar-refractivity contribution in [1.29, 1.82) is 0 Å². The molecule has 9 atom stereocenters. The SMILES string of the molecule is CS[C@H]1SC[C@@H]2C(=O)N(C)[C@H](C(C)C)C(=O)OC[C@H](CC(=O)c3cnc4ccccc4n3)C(=O)N[C@H](C)C(=O)N(C)[C@H]1C(=O)N(C)[C@H](C(C)C)C(=O)OC[C@H](NC(=O)c1cnc3ccccc3n1)C(=O)N[C@H](C)C(=O)N2C. The number of aromatic nitrogens is 4. The molecular formula is C52H65N11O12S2. The van der Waals surface area contributed by atoms with Crippen LogP contribution < -0.4 is 16.0 Å². The Hall–Kier alpha value is -7.28. The molecule has 2 saturated heterocycles. The van der Waals surface area contributed by atoms with Crippen molar-refractivity contribution in [2.75, 3.05) is 53.4 Å². The molecular weight excluding hydrogens is 1030 g/mol. The maximum absolute atomic E-state index is 15.2. The molecule has 2 bridgehead atoms. The number of likely N-dealkylation sites (N-methyl/N-ethyl adjacent to an activating group) is 4. The van der Waals surface area contributed by atoms with Crippen molar-refractivity contribution in [2.24, 2.45) is 17.8 Å². The Balaban J connectivity index is 1.43. The first kappa shape index (κ1) is 59.0. The van der Waals surface area contributed by atoms with Crippen LogP contribution in [0.2, 0.25) is 0 Å². The summed E-state index contributed by atoms with van der Waals surface area (Å²) in [5, 5.41) is 7.76. The third kappa shape index (κ3) is 13.6. The van der Waals surface area contributed by atoms with Crippen LogP contribution in [-0.2, 0) is 47.8 Å². The van der Waals surface area contributed by atoms with E-state index in [0.717, 1.165) is 43.1 Å². The molecule has 3 N–H and O–H groups in total. The molecule has 2 aliphatic rings. The van der Waals surface area contributed by atoms with Crippen LogP contribution in [0.1, 0.15) is 68.9 Å². The summed E-state index contributed by atoms with van der Waals surface area (Å²) in [5.41, 5.74) is 1.57. The molecule has 412 valence electrons. The lowest BCUT2D eigenvalue weighted by Crippen LogP contribution is -2.60. The monoisotopic (exact) mass is 1100 g/mol. The Morgan fingerprint density at radius 3 is 1.69 bits per heavy atom. The number of benzene rings is 2. The average Bonchev–Trinajstić information content (AvgIpc) is 3.40. The molecule has 2 fully saturated rings. The van der Waals surface area contributed by atoms with E-state index in [-0.39, 0.29) is 17.1 Å². The first-order valence-corrected chi connectivity index (χ1v) is 27.2. The van der Waals surface area contributed by atoms with Gasteiger partial charge in [-0.25, -0.2) is 19.6 Å². The number of ketones is 1. The molecule has 2 aliphatic heterocycles. The minimum absolute atomic E-state index is 0.0707. The number of carbonyl (C=O) groups excluding carboxylic acids is 10. The Labute approximate surface area is 454 Å². The molecule has 23 nitrogen and oxygen atoms in total. The van der Waals surface area contributed by atoms with Crippen molar-refractivity contribution in [1.82, 2.24) is 55.5 Å². The van der Waals surface area contributed by atoms with Crippen molar-refractivity contribution >= 4 is 105 Å². The predicted octanol–water partition coefficient (Wildman–Crippen LogP) is 1.73. The summed E-state index contributed by atoms with van der Waals surface area (Å²) in [6, 6.07) is 3.66. The smallest absolute Gasteiger partial charge is 0.329 e. The third-order valence-corrected chi connectivity index (χ3v) is 16.2. The molecule has 4 aromatic rings. The Bertz CT molecular complexity index is 2930. The highest BCUT2D eigenvalue weighted by Gasteiger charge is 2.45. The van der Waals surface area contributed by atoms with E-state index in [1.807, 2.05) is 0 Å². The van der Waals surface area contributed by atoms with Gasteiger partial charge in [0, 0.05) is 40.4 Å². The topological polar surface area (TPSA) is 290 Å². The van der Waals surface area contributed by atoms with Crippen LogP contribution >= 0.6 is 23.5 Å². The third-order valence-electron chi connectivity index (χ3n) is 13.4. The number of Topliss-reactive ketones (excluding diaryl/α,β-unsaturated/α-hetero) is 1. The Kier molecular flexibility index (Phi) is 19.7. The van der Waals surface area contributed by atoms with Gasteiger partial charge in [-0.3, -0.25) is 48.3 Å². The second-order valence-corrected chi connectivity index (χ2v) is 22.1. The lowest BCUT2D eigenvalue weighted by molar-refractivity contribution is -0.160. The zero-order valence-electron chi connectivity index (χ0n) is 44.7. The lowest BCUT2D eigenvalue weighted by atomic mass is 9.99. The Morgan fingerprint density at radius 2 is 1.14 bits per heavy atom. The van der Waals surface area contributed by atoms with Gasteiger partial charge in [0.25, 0.3) is 5.91 Å². The largest absolute Gasteiger partial charge is 0.463 e. The van der Waals surface area contributed by atoms with Gasteiger partial charge in [-0.2, -0.15) is 0 Å². The molecule has 0 saturated carbocycles. The van der Waals surface area contributed by atoms with Crippen molar-refractivity contribution in [3.8, 4) is 0 Å². The van der Waals surface area contributed by atoms with Gasteiger partial charge in [0.15, 0.2) is 5.78 Å². The first-order valence-electron chi connectivity index (χ1n) is 24.9. The minimum Gasteiger partial charge on any atom is -0.463 e. The standard InChI is InChI=1S/C52H65N11O12S2/c1-26(2)40-50(72)74-23-30(20-39(64)35-21-53-31-16-12-14-18-33(31)57-35)43(65)55-29(6)47(69)63(10)42-49(71)62(9)41(27(3)4)51(73)75-24-37(59-44(66)36-22-54-32-17-13-15-19-34(32)58-36)45(67)56-28(5)46(68)60(7)38(48(70)61(40)8)25-77-52(42)76-11/h12-19,21-22,26-30,37-38,40-42,52H,20,23-25H2,1-11H3,(H,55,65)(H,56,67)(H,59,66)/t28-,29-,30+,37+,38-,40-,41-,42+,52+/m1/s1. The van der Waals surface area contributed by atoms with E-state index >= 15 is 9.59 Å². The summed E-state index contributed by atoms with van der Waals surface area (Å²) in [7, 11) is 5.37. The van der Waals surface area contributed by atoms with Gasteiger partial charge < -0.3 is 45.0 Å². The van der Waals surface area contributed by atoms with Crippen molar-refractivity contribution < 1.29 is 57.4 Å². The summed E-state index contributed by atoms with van der Waals surface area (Å²) in [6.45, 7) is 7.89. The van der Waals surface area contributed by atoms with Gasteiger partial charge >= 0.3 is 11.9 Å². The van der Waals surface area contributed by atoms with Gasteiger partial charge in [-0.1, -0.05) is 52.0 Å². The summed E-state index contributed by atoms with van der Waals surface area (Å²) in [4.78, 5) is 166. The van der Waals surface area contributed by atoms with Gasteiger partial charge in [-0.15, -0.1) is 23.5 Å². The van der Waals surface area contributed by atoms with Gasteiger partial charge in [0.05, 0.1) is 45.0 Å². The maximum Gasteiger partial charge on any atom is 0.329 e. The van der Waals surface area contributed by atoms with Crippen LogP contribution in [0.4, 0.5) is 0 Å². The molecule has 77 heavy (non-hydrogen) atoms. The predicted molar refractivity (Wildman–Crippen MR) is 286 cm³/mol. The number of cyclic esters (lactones) is 2. The summed E-state index contributed by atoms with van der Waals surface area (Å²) in [6.07, 6.45) is 3.58. The highest BCUT2D eigenvalue weighted by Crippen LogP contribution is 2.32. The second kappa shape index (κ2) is 25.7. The molecule has 0 unspecified atom stereocenters. The maximum atomic E-state index is 15.2. The molecule has 6 rings (SSSR count). The molecule has 25 heteroatoms. The Morgan fingerprint density at radius 1 is 0.662 bits per heavy atom. The fourth-order valence-corrected chi connectivity index (χ4v) is 11.6. The van der Waals surface area contributed by atoms with Gasteiger partial charge in [0.2, 0.25) is 35.4 Å². The highest BCUT2D eigenvalue weighted by atomic mass is 32.2. The molecule has 0 aliphatic carbocycles. The molecule has 2 aromatic carbocycles. The van der Waals surface area contributed by atoms with Crippen LogP contribution in [0.25, 0.3) is 22.1 Å². The first-order chi connectivity index (χ1) is 36.4. The van der Waals surface area contributed by atoms with E-state index in [0.29, 0.717) is 22.1 Å². The molecule has 2 aromatic heterocycles. The fraction of sp³-hybridized carbons (Fsp3) is 0.500.